The molecule has 4 heteroatoms. The molecular weight excluding hydrogens is 323 g/mol. The standard InChI is InChI=1S/C14H23AsOS2/c16-15(17,13-5-1-11(9-13)2-6-13)18-14-7-3-12(10-14)4-8-14/h11-12H,1-10H2,(H,16,17). The Morgan fingerprint density at radius 2 is 1.50 bits per heavy atom. The average Bonchev–Trinajstić information content (AvgIpc) is 3.08. The van der Waals surface area contributed by atoms with Crippen molar-refractivity contribution in [2.45, 2.75) is 73.2 Å². The molecule has 18 heavy (non-hydrogen) atoms. The molecule has 1 atom stereocenters. The summed E-state index contributed by atoms with van der Waals surface area (Å²) in [4.78, 5) is 0. The van der Waals surface area contributed by atoms with E-state index in [1.54, 1.807) is 0 Å². The minimum absolute atomic E-state index is 0.262. The molecule has 102 valence electrons. The number of fused-ring (bicyclic) bond motifs is 4. The molecule has 4 aliphatic rings. The monoisotopic (exact) mass is 346 g/mol. The number of rotatable bonds is 3. The van der Waals surface area contributed by atoms with Crippen LogP contribution in [0.5, 0.6) is 0 Å². The van der Waals surface area contributed by atoms with Crippen molar-refractivity contribution in [2.75, 3.05) is 0 Å². The van der Waals surface area contributed by atoms with Crippen molar-refractivity contribution in [1.29, 1.82) is 0 Å². The van der Waals surface area contributed by atoms with Crippen LogP contribution in [0.25, 0.3) is 0 Å². The van der Waals surface area contributed by atoms with Crippen LogP contribution in [0.2, 0.25) is 4.20 Å². The van der Waals surface area contributed by atoms with Gasteiger partial charge in [-0.05, 0) is 0 Å². The van der Waals surface area contributed by atoms with Gasteiger partial charge in [0.15, 0.2) is 0 Å². The predicted octanol–water partition coefficient (Wildman–Crippen LogP) is 4.52. The SMILES string of the molecule is O[As](=S)(SC12CCC(CC1)C2)C12CCC(CC1)C2. The normalized spacial score (nSPS) is 52.9. The molecule has 0 saturated heterocycles. The van der Waals surface area contributed by atoms with Crippen LogP contribution in [-0.2, 0) is 0 Å². The van der Waals surface area contributed by atoms with Crippen molar-refractivity contribution < 1.29 is 4.10 Å². The number of hydrogen-bond donors (Lipinski definition) is 1. The first-order chi connectivity index (χ1) is 8.53. The van der Waals surface area contributed by atoms with E-state index < -0.39 is 11.1 Å². The Balaban J connectivity index is 1.58. The van der Waals surface area contributed by atoms with Crippen LogP contribution >= 0.6 is 20.4 Å². The summed E-state index contributed by atoms with van der Waals surface area (Å²) in [5.41, 5.74) is 0. The van der Waals surface area contributed by atoms with Gasteiger partial charge in [-0.25, -0.2) is 0 Å². The van der Waals surface area contributed by atoms with E-state index in [0.717, 1.165) is 11.8 Å². The van der Waals surface area contributed by atoms with Crippen molar-refractivity contribution >= 4 is 31.5 Å². The zero-order chi connectivity index (χ0) is 12.4. The minimum atomic E-state index is -2.90. The summed E-state index contributed by atoms with van der Waals surface area (Å²) in [6.07, 6.45) is 13.4. The first-order valence-electron chi connectivity index (χ1n) is 7.56. The summed E-state index contributed by atoms with van der Waals surface area (Å²) in [6.45, 7) is 0. The molecule has 4 aliphatic carbocycles. The molecule has 0 aromatic carbocycles. The number of hydrogen-bond acceptors (Lipinski definition) is 2. The molecular formula is C14H23AsOS2. The van der Waals surface area contributed by atoms with Gasteiger partial charge in [0.1, 0.15) is 0 Å². The average molecular weight is 346 g/mol. The third-order valence-corrected chi connectivity index (χ3v) is 20.5. The summed E-state index contributed by atoms with van der Waals surface area (Å²) in [5, 5.41) is 0. The van der Waals surface area contributed by atoms with Crippen molar-refractivity contribution in [3.63, 3.8) is 0 Å². The van der Waals surface area contributed by atoms with Gasteiger partial charge < -0.3 is 0 Å². The van der Waals surface area contributed by atoms with Crippen molar-refractivity contribution in [3.8, 4) is 0 Å². The molecule has 1 N–H and O–H groups in total. The van der Waals surface area contributed by atoms with Gasteiger partial charge in [-0.2, -0.15) is 0 Å². The second-order valence-corrected chi connectivity index (χ2v) is 20.4. The summed E-state index contributed by atoms with van der Waals surface area (Å²) < 4.78 is 11.9. The van der Waals surface area contributed by atoms with Crippen molar-refractivity contribution in [2.24, 2.45) is 11.8 Å². The van der Waals surface area contributed by atoms with Crippen LogP contribution in [0.3, 0.4) is 0 Å². The Morgan fingerprint density at radius 1 is 0.944 bits per heavy atom. The van der Waals surface area contributed by atoms with E-state index in [1.807, 2.05) is 10.0 Å². The second kappa shape index (κ2) is 4.06. The summed E-state index contributed by atoms with van der Waals surface area (Å²) in [7, 11) is 7.91. The quantitative estimate of drug-likeness (QED) is 0.759. The van der Waals surface area contributed by atoms with Gasteiger partial charge in [0.05, 0.1) is 0 Å². The maximum atomic E-state index is 11.2. The fourth-order valence-corrected chi connectivity index (χ4v) is 20.7. The van der Waals surface area contributed by atoms with E-state index in [4.69, 9.17) is 10.4 Å². The van der Waals surface area contributed by atoms with Crippen LogP contribution < -0.4 is 0 Å². The Labute approximate surface area is 120 Å². The van der Waals surface area contributed by atoms with E-state index in [1.165, 1.54) is 64.2 Å². The Morgan fingerprint density at radius 3 is 1.94 bits per heavy atom. The van der Waals surface area contributed by atoms with Gasteiger partial charge in [-0.1, -0.05) is 0 Å². The van der Waals surface area contributed by atoms with Crippen LogP contribution in [0.1, 0.15) is 64.2 Å². The van der Waals surface area contributed by atoms with Gasteiger partial charge in [0.25, 0.3) is 0 Å². The van der Waals surface area contributed by atoms with Gasteiger partial charge in [-0.15, -0.1) is 0 Å². The molecule has 4 saturated carbocycles. The van der Waals surface area contributed by atoms with Gasteiger partial charge in [0, 0.05) is 0 Å². The molecule has 4 fully saturated rings. The van der Waals surface area contributed by atoms with Gasteiger partial charge >= 0.3 is 121 Å². The zero-order valence-corrected chi connectivity index (χ0v) is 14.4. The molecule has 1 nitrogen and oxygen atoms in total. The fourth-order valence-electron chi connectivity index (χ4n) is 5.18. The summed E-state index contributed by atoms with van der Waals surface area (Å²) in [6, 6.07) is 0. The fraction of sp³-hybridized carbons (Fsp3) is 1.00. The topological polar surface area (TPSA) is 20.2 Å². The van der Waals surface area contributed by atoms with E-state index in [-0.39, 0.29) is 4.20 Å². The first kappa shape index (κ1) is 12.8. The molecule has 4 bridgehead atoms. The van der Waals surface area contributed by atoms with Crippen LogP contribution in [-0.4, -0.2) is 19.9 Å². The van der Waals surface area contributed by atoms with Gasteiger partial charge in [0.2, 0.25) is 0 Å². The van der Waals surface area contributed by atoms with E-state index in [2.05, 4.69) is 0 Å². The molecule has 0 aromatic rings. The summed E-state index contributed by atoms with van der Waals surface area (Å²) in [5.74, 6) is 1.89. The molecule has 0 aromatic heterocycles. The molecule has 0 aliphatic heterocycles. The molecule has 0 radical (unpaired) electrons. The summed E-state index contributed by atoms with van der Waals surface area (Å²) >= 11 is -2.90. The van der Waals surface area contributed by atoms with Crippen LogP contribution in [0.4, 0.5) is 0 Å². The second-order valence-electron chi connectivity index (χ2n) is 7.31. The van der Waals surface area contributed by atoms with Crippen molar-refractivity contribution in [1.82, 2.24) is 0 Å². The molecule has 0 amide bonds. The molecule has 4 rings (SSSR count). The third kappa shape index (κ3) is 1.76. The van der Waals surface area contributed by atoms with Crippen molar-refractivity contribution in [3.05, 3.63) is 0 Å². The Bertz CT molecular complexity index is 406. The Kier molecular flexibility index (Phi) is 2.88. The van der Waals surface area contributed by atoms with E-state index in [0.29, 0.717) is 4.75 Å². The first-order valence-corrected chi connectivity index (χ1v) is 15.1. The predicted molar refractivity (Wildman–Crippen MR) is 81.7 cm³/mol. The third-order valence-electron chi connectivity index (χ3n) is 6.30. The van der Waals surface area contributed by atoms with Crippen LogP contribution in [0.15, 0.2) is 0 Å². The van der Waals surface area contributed by atoms with E-state index >= 15 is 0 Å². The van der Waals surface area contributed by atoms with E-state index in [9.17, 15) is 4.10 Å². The molecule has 1 unspecified atom stereocenters. The zero-order valence-electron chi connectivity index (χ0n) is 10.9. The van der Waals surface area contributed by atoms with Crippen LogP contribution in [0, 0.1) is 11.8 Å². The Hall–Kier alpha value is 1.09. The maximum absolute atomic E-state index is 11.2. The van der Waals surface area contributed by atoms with Gasteiger partial charge in [-0.3, -0.25) is 0 Å². The molecule has 0 spiro atoms. The molecule has 0 heterocycles.